The molecule has 1 aliphatic rings. The van der Waals surface area contributed by atoms with Crippen molar-refractivity contribution in [1.29, 1.82) is 5.26 Å². The molecular formula is C14H18N2. The Bertz CT molecular complexity index is 439. The molecule has 0 saturated heterocycles. The Morgan fingerprint density at radius 1 is 1.38 bits per heavy atom. The van der Waals surface area contributed by atoms with Gasteiger partial charge in [-0.25, -0.2) is 0 Å². The zero-order chi connectivity index (χ0) is 11.8. The number of aryl methyl sites for hydroxylation is 2. The molecule has 1 unspecified atom stereocenters. The molecule has 0 amide bonds. The second-order valence-electron chi connectivity index (χ2n) is 4.96. The van der Waals surface area contributed by atoms with Crippen LogP contribution in [0.15, 0.2) is 18.2 Å². The lowest BCUT2D eigenvalue weighted by atomic mass is 9.63. The second-order valence-corrected chi connectivity index (χ2v) is 4.96. The molecule has 16 heavy (non-hydrogen) atoms. The van der Waals surface area contributed by atoms with E-state index in [1.165, 1.54) is 11.1 Å². The molecule has 0 spiro atoms. The second kappa shape index (κ2) is 3.92. The molecule has 2 nitrogen and oxygen atoms in total. The summed E-state index contributed by atoms with van der Waals surface area (Å²) in [6, 6.07) is 8.59. The maximum Gasteiger partial charge on any atom is 0.0766 e. The van der Waals surface area contributed by atoms with Crippen LogP contribution in [0.3, 0.4) is 0 Å². The minimum absolute atomic E-state index is 0.133. The van der Waals surface area contributed by atoms with Crippen LogP contribution in [0.1, 0.15) is 42.0 Å². The third-order valence-electron chi connectivity index (χ3n) is 3.82. The molecular weight excluding hydrogens is 196 g/mol. The highest BCUT2D eigenvalue weighted by Gasteiger charge is 2.43. The summed E-state index contributed by atoms with van der Waals surface area (Å²) in [6.07, 6.45) is 3.02. The molecule has 1 fully saturated rings. The topological polar surface area (TPSA) is 49.8 Å². The van der Waals surface area contributed by atoms with Crippen molar-refractivity contribution in [3.05, 3.63) is 34.9 Å². The van der Waals surface area contributed by atoms with Gasteiger partial charge in [-0.05, 0) is 37.8 Å². The van der Waals surface area contributed by atoms with Crippen molar-refractivity contribution in [3.63, 3.8) is 0 Å². The van der Waals surface area contributed by atoms with Crippen LogP contribution in [-0.4, -0.2) is 0 Å². The molecule has 1 aromatic rings. The Morgan fingerprint density at radius 2 is 2.06 bits per heavy atom. The van der Waals surface area contributed by atoms with Gasteiger partial charge in [-0.1, -0.05) is 30.2 Å². The summed E-state index contributed by atoms with van der Waals surface area (Å²) in [5.74, 6) is 0. The third-order valence-corrected chi connectivity index (χ3v) is 3.82. The zero-order valence-electron chi connectivity index (χ0n) is 9.96. The first kappa shape index (κ1) is 11.2. The molecule has 2 heteroatoms. The maximum absolute atomic E-state index is 9.28. The van der Waals surface area contributed by atoms with E-state index in [-0.39, 0.29) is 11.5 Å². The van der Waals surface area contributed by atoms with E-state index in [4.69, 9.17) is 5.73 Å². The molecule has 2 rings (SSSR count). The van der Waals surface area contributed by atoms with Crippen molar-refractivity contribution in [2.24, 2.45) is 11.1 Å². The van der Waals surface area contributed by atoms with Gasteiger partial charge in [0.05, 0.1) is 11.5 Å². The molecule has 0 radical (unpaired) electrons. The molecule has 1 aromatic carbocycles. The molecule has 0 aliphatic heterocycles. The first-order valence-electron chi connectivity index (χ1n) is 5.83. The van der Waals surface area contributed by atoms with Gasteiger partial charge >= 0.3 is 0 Å². The average Bonchev–Trinajstić information content (AvgIpc) is 2.16. The number of benzene rings is 1. The predicted molar refractivity (Wildman–Crippen MR) is 64.7 cm³/mol. The fraction of sp³-hybridized carbons (Fsp3) is 0.500. The quantitative estimate of drug-likeness (QED) is 0.822. The SMILES string of the molecule is Cc1ccc(C(N)C2(C#N)CCC2)c(C)c1. The maximum atomic E-state index is 9.28. The van der Waals surface area contributed by atoms with Crippen molar-refractivity contribution in [3.8, 4) is 6.07 Å². The zero-order valence-corrected chi connectivity index (χ0v) is 9.96. The van der Waals surface area contributed by atoms with Crippen molar-refractivity contribution in [2.45, 2.75) is 39.2 Å². The third kappa shape index (κ3) is 1.62. The van der Waals surface area contributed by atoms with Gasteiger partial charge < -0.3 is 5.73 Å². The number of hydrogen-bond acceptors (Lipinski definition) is 2. The minimum Gasteiger partial charge on any atom is -0.323 e. The lowest BCUT2D eigenvalue weighted by Gasteiger charge is -2.40. The summed E-state index contributed by atoms with van der Waals surface area (Å²) in [5, 5.41) is 9.28. The predicted octanol–water partition coefficient (Wildman–Crippen LogP) is 3.00. The Balaban J connectivity index is 2.34. The number of rotatable bonds is 2. The van der Waals surface area contributed by atoms with E-state index in [9.17, 15) is 5.26 Å². The Kier molecular flexibility index (Phi) is 2.73. The van der Waals surface area contributed by atoms with Crippen LogP contribution in [-0.2, 0) is 0 Å². The van der Waals surface area contributed by atoms with Crippen LogP contribution in [0.5, 0.6) is 0 Å². The molecule has 0 aromatic heterocycles. The minimum atomic E-state index is -0.306. The first-order valence-corrected chi connectivity index (χ1v) is 5.83. The molecule has 0 bridgehead atoms. The fourth-order valence-corrected chi connectivity index (χ4v) is 2.52. The van der Waals surface area contributed by atoms with Crippen molar-refractivity contribution in [1.82, 2.24) is 0 Å². The van der Waals surface area contributed by atoms with Crippen molar-refractivity contribution in [2.75, 3.05) is 0 Å². The van der Waals surface area contributed by atoms with E-state index >= 15 is 0 Å². The van der Waals surface area contributed by atoms with Crippen LogP contribution >= 0.6 is 0 Å². The summed E-state index contributed by atoms with van der Waals surface area (Å²) >= 11 is 0. The molecule has 1 atom stereocenters. The molecule has 1 saturated carbocycles. The fourth-order valence-electron chi connectivity index (χ4n) is 2.52. The van der Waals surface area contributed by atoms with Crippen LogP contribution < -0.4 is 5.73 Å². The lowest BCUT2D eigenvalue weighted by molar-refractivity contribution is 0.168. The van der Waals surface area contributed by atoms with Crippen LogP contribution in [0, 0.1) is 30.6 Å². The van der Waals surface area contributed by atoms with E-state index in [0.29, 0.717) is 0 Å². The Labute approximate surface area is 97.1 Å². The number of nitrogens with zero attached hydrogens (tertiary/aromatic N) is 1. The van der Waals surface area contributed by atoms with Gasteiger partial charge in [0.2, 0.25) is 0 Å². The summed E-state index contributed by atoms with van der Waals surface area (Å²) in [7, 11) is 0. The summed E-state index contributed by atoms with van der Waals surface area (Å²) in [4.78, 5) is 0. The molecule has 84 valence electrons. The first-order chi connectivity index (χ1) is 7.59. The van der Waals surface area contributed by atoms with Crippen molar-refractivity contribution < 1.29 is 0 Å². The molecule has 0 heterocycles. The van der Waals surface area contributed by atoms with Gasteiger partial charge in [-0.3, -0.25) is 0 Å². The largest absolute Gasteiger partial charge is 0.323 e. The standard InChI is InChI=1S/C14H18N2/c1-10-4-5-12(11(2)8-10)13(16)14(9-15)6-3-7-14/h4-5,8,13H,3,6-7,16H2,1-2H3. The lowest BCUT2D eigenvalue weighted by Crippen LogP contribution is -2.39. The monoisotopic (exact) mass is 214 g/mol. The van der Waals surface area contributed by atoms with Gasteiger partial charge in [-0.2, -0.15) is 5.26 Å². The van der Waals surface area contributed by atoms with Crippen LogP contribution in [0.4, 0.5) is 0 Å². The van der Waals surface area contributed by atoms with E-state index in [1.807, 2.05) is 0 Å². The van der Waals surface area contributed by atoms with Gasteiger partial charge in [-0.15, -0.1) is 0 Å². The van der Waals surface area contributed by atoms with E-state index in [0.717, 1.165) is 24.8 Å². The Hall–Kier alpha value is -1.33. The van der Waals surface area contributed by atoms with Gasteiger partial charge in [0.25, 0.3) is 0 Å². The molecule has 2 N–H and O–H groups in total. The number of hydrogen-bond donors (Lipinski definition) is 1. The van der Waals surface area contributed by atoms with E-state index < -0.39 is 0 Å². The van der Waals surface area contributed by atoms with E-state index in [1.54, 1.807) is 0 Å². The normalized spacial score (nSPS) is 19.6. The number of nitrogens with two attached hydrogens (primary N) is 1. The van der Waals surface area contributed by atoms with Crippen molar-refractivity contribution >= 4 is 0 Å². The van der Waals surface area contributed by atoms with Gasteiger partial charge in [0, 0.05) is 6.04 Å². The van der Waals surface area contributed by atoms with Gasteiger partial charge in [0.15, 0.2) is 0 Å². The smallest absolute Gasteiger partial charge is 0.0766 e. The van der Waals surface area contributed by atoms with E-state index in [2.05, 4.69) is 38.1 Å². The van der Waals surface area contributed by atoms with Gasteiger partial charge in [0.1, 0.15) is 0 Å². The summed E-state index contributed by atoms with van der Waals surface area (Å²) in [5.41, 5.74) is 9.55. The summed E-state index contributed by atoms with van der Waals surface area (Å²) in [6.45, 7) is 4.15. The Morgan fingerprint density at radius 3 is 2.50 bits per heavy atom. The molecule has 1 aliphatic carbocycles. The average molecular weight is 214 g/mol. The highest BCUT2D eigenvalue weighted by Crippen LogP contribution is 2.49. The number of nitriles is 1. The summed E-state index contributed by atoms with van der Waals surface area (Å²) < 4.78 is 0. The highest BCUT2D eigenvalue weighted by atomic mass is 14.7. The van der Waals surface area contributed by atoms with Crippen LogP contribution in [0.25, 0.3) is 0 Å². The highest BCUT2D eigenvalue weighted by molar-refractivity contribution is 5.35. The van der Waals surface area contributed by atoms with Crippen LogP contribution in [0.2, 0.25) is 0 Å².